The Morgan fingerprint density at radius 3 is 1.13 bits per heavy atom. The minimum atomic E-state index is -1.63. The molecule has 0 aliphatic rings. The second-order valence-corrected chi connectivity index (χ2v) is 16.5. The minimum Gasteiger partial charge on any atom is -0.417 e. The van der Waals surface area contributed by atoms with E-state index in [0.29, 0.717) is 5.41 Å². The first-order valence-corrected chi connectivity index (χ1v) is 19.7. The fourth-order valence-electron chi connectivity index (χ4n) is 6.69. The van der Waals surface area contributed by atoms with Gasteiger partial charge in [0.2, 0.25) is 0 Å². The van der Waals surface area contributed by atoms with E-state index in [1.54, 1.807) is 0 Å². The van der Waals surface area contributed by atoms with Crippen LogP contribution in [0.5, 0.6) is 0 Å². The van der Waals surface area contributed by atoms with E-state index in [9.17, 15) is 0 Å². The van der Waals surface area contributed by atoms with Crippen LogP contribution in [0.2, 0.25) is 18.1 Å². The average Bonchev–Trinajstić information content (AvgIpc) is 2.93. The van der Waals surface area contributed by atoms with Gasteiger partial charge in [0.05, 0.1) is 0 Å². The van der Waals surface area contributed by atoms with E-state index in [1.807, 2.05) is 0 Å². The predicted molar refractivity (Wildman–Crippen MR) is 175 cm³/mol. The molecule has 0 fully saturated rings. The summed E-state index contributed by atoms with van der Waals surface area (Å²) < 4.78 is 6.61. The number of hydrogen-bond acceptors (Lipinski definition) is 4. The van der Waals surface area contributed by atoms with E-state index < -0.39 is 8.32 Å². The third-order valence-corrected chi connectivity index (χ3v) is 14.0. The highest BCUT2D eigenvalue weighted by molar-refractivity contribution is 6.73. The second-order valence-electron chi connectivity index (χ2n) is 11.9. The van der Waals surface area contributed by atoms with Crippen LogP contribution in [-0.4, -0.2) is 88.5 Å². The lowest BCUT2D eigenvalue weighted by Crippen LogP contribution is -2.39. The molecule has 0 saturated carbocycles. The minimum absolute atomic E-state index is 0.475. The van der Waals surface area contributed by atoms with Gasteiger partial charge in [0, 0.05) is 6.61 Å². The quantitative estimate of drug-likeness (QED) is 0.0897. The normalized spacial score (nSPS) is 12.9. The van der Waals surface area contributed by atoms with E-state index in [-0.39, 0.29) is 0 Å². The van der Waals surface area contributed by atoms with Crippen LogP contribution < -0.4 is 0 Å². The Bertz CT molecular complexity index is 464. The van der Waals surface area contributed by atoms with Gasteiger partial charge in [-0.25, -0.2) is 0 Å². The molecule has 0 unspecified atom stereocenters. The maximum Gasteiger partial charge on any atom is 0.192 e. The van der Waals surface area contributed by atoms with Gasteiger partial charge < -0.3 is 19.1 Å². The summed E-state index contributed by atoms with van der Waals surface area (Å²) in [6.07, 6.45) is 13.5. The van der Waals surface area contributed by atoms with Gasteiger partial charge in [0.15, 0.2) is 8.32 Å². The van der Waals surface area contributed by atoms with Crippen molar-refractivity contribution >= 4 is 8.32 Å². The molecule has 0 radical (unpaired) electrons. The van der Waals surface area contributed by atoms with E-state index >= 15 is 0 Å². The Morgan fingerprint density at radius 2 is 0.868 bits per heavy atom. The largest absolute Gasteiger partial charge is 0.417 e. The van der Waals surface area contributed by atoms with E-state index in [2.05, 4.69) is 77.0 Å². The van der Waals surface area contributed by atoms with Crippen LogP contribution in [0.1, 0.15) is 127 Å². The summed E-state index contributed by atoms with van der Waals surface area (Å²) in [5, 5.41) is 0. The molecule has 0 atom stereocenters. The highest BCUT2D eigenvalue weighted by atomic mass is 28.4. The van der Waals surface area contributed by atoms with Crippen LogP contribution in [-0.2, 0) is 4.43 Å². The summed E-state index contributed by atoms with van der Waals surface area (Å²) in [4.78, 5) is 8.05. The van der Waals surface area contributed by atoms with Crippen molar-refractivity contribution in [2.45, 2.75) is 145 Å². The molecule has 0 heterocycles. The topological polar surface area (TPSA) is 19.0 Å². The third kappa shape index (κ3) is 15.7. The van der Waals surface area contributed by atoms with Gasteiger partial charge in [-0.05, 0) is 154 Å². The standard InChI is InChI=1S/C33H73N3OSi/c1-10-26-34(13-4)29-19-22-33(23-20-30-35(14-5)27-11-2,24-21-31-36(15-6)28-12-3)25-32-38(17-8,18-9)37-16-7/h10-32H2,1-9H3. The van der Waals surface area contributed by atoms with E-state index in [0.717, 1.165) is 6.61 Å². The summed E-state index contributed by atoms with van der Waals surface area (Å²) in [7, 11) is -1.63. The number of rotatable bonds is 28. The SMILES string of the molecule is CCCN(CC)CCCC(CCCN(CC)CCC)(CCCN(CC)CCC)CC[Si](CC)(CC)OCC. The molecular weight excluding hydrogens is 482 g/mol. The third-order valence-electron chi connectivity index (χ3n) is 9.36. The van der Waals surface area contributed by atoms with Crippen molar-refractivity contribution in [2.75, 3.05) is 65.5 Å². The zero-order valence-electron chi connectivity index (χ0n) is 28.0. The first-order valence-electron chi connectivity index (χ1n) is 17.2. The fourth-order valence-corrected chi connectivity index (χ4v) is 10.1. The van der Waals surface area contributed by atoms with Crippen molar-refractivity contribution in [2.24, 2.45) is 5.41 Å². The lowest BCUT2D eigenvalue weighted by molar-refractivity contribution is 0.152. The summed E-state index contributed by atoms with van der Waals surface area (Å²) in [5.74, 6) is 0. The van der Waals surface area contributed by atoms with Crippen LogP contribution in [0.3, 0.4) is 0 Å². The molecule has 0 spiro atoms. The molecule has 0 aromatic carbocycles. The van der Waals surface area contributed by atoms with Crippen molar-refractivity contribution < 1.29 is 4.43 Å². The molecule has 0 N–H and O–H groups in total. The monoisotopic (exact) mass is 556 g/mol. The van der Waals surface area contributed by atoms with E-state index in [4.69, 9.17) is 4.43 Å². The lowest BCUT2D eigenvalue weighted by atomic mass is 9.73. The predicted octanol–water partition coefficient (Wildman–Crippen LogP) is 8.92. The van der Waals surface area contributed by atoms with Crippen molar-refractivity contribution in [1.82, 2.24) is 14.7 Å². The lowest BCUT2D eigenvalue weighted by Gasteiger charge is -2.40. The first kappa shape index (κ1) is 38.1. The Kier molecular flexibility index (Phi) is 23.8. The van der Waals surface area contributed by atoms with Crippen LogP contribution in [0.15, 0.2) is 0 Å². The molecule has 0 aromatic rings. The number of nitrogens with zero attached hydrogens (tertiary/aromatic N) is 3. The summed E-state index contributed by atoms with van der Waals surface area (Å²) in [6.45, 7) is 33.1. The molecule has 5 heteroatoms. The Balaban J connectivity index is 5.81. The Hall–Kier alpha value is 0.0569. The van der Waals surface area contributed by atoms with Gasteiger partial charge >= 0.3 is 0 Å². The summed E-state index contributed by atoms with van der Waals surface area (Å²) >= 11 is 0. The Morgan fingerprint density at radius 1 is 0.500 bits per heavy atom. The molecule has 0 aromatic heterocycles. The van der Waals surface area contributed by atoms with Crippen molar-refractivity contribution in [3.05, 3.63) is 0 Å². The van der Waals surface area contributed by atoms with Crippen LogP contribution in [0.4, 0.5) is 0 Å². The fraction of sp³-hybridized carbons (Fsp3) is 1.00. The zero-order chi connectivity index (χ0) is 28.7. The molecule has 0 aliphatic heterocycles. The zero-order valence-corrected chi connectivity index (χ0v) is 29.0. The molecule has 0 saturated heterocycles. The van der Waals surface area contributed by atoms with Crippen molar-refractivity contribution in [3.63, 3.8) is 0 Å². The molecule has 38 heavy (non-hydrogen) atoms. The summed E-state index contributed by atoms with van der Waals surface area (Å²) in [5.41, 5.74) is 0.475. The number of hydrogen-bond donors (Lipinski definition) is 0. The van der Waals surface area contributed by atoms with Gasteiger partial charge in [0.25, 0.3) is 0 Å². The van der Waals surface area contributed by atoms with Gasteiger partial charge in [0.1, 0.15) is 0 Å². The molecule has 0 amide bonds. The van der Waals surface area contributed by atoms with E-state index in [1.165, 1.54) is 141 Å². The smallest absolute Gasteiger partial charge is 0.192 e. The van der Waals surface area contributed by atoms with Crippen LogP contribution in [0.25, 0.3) is 0 Å². The van der Waals surface area contributed by atoms with Crippen LogP contribution >= 0.6 is 0 Å². The molecule has 4 nitrogen and oxygen atoms in total. The maximum atomic E-state index is 6.61. The van der Waals surface area contributed by atoms with Gasteiger partial charge in [-0.1, -0.05) is 55.4 Å². The molecule has 0 rings (SSSR count). The first-order chi connectivity index (χ1) is 18.4. The molecule has 230 valence electrons. The van der Waals surface area contributed by atoms with Gasteiger partial charge in [-0.3, -0.25) is 0 Å². The Labute approximate surface area is 242 Å². The molecular formula is C33H73N3OSi. The van der Waals surface area contributed by atoms with Gasteiger partial charge in [-0.2, -0.15) is 0 Å². The average molecular weight is 556 g/mol. The highest BCUT2D eigenvalue weighted by Crippen LogP contribution is 2.43. The molecule has 0 bridgehead atoms. The second kappa shape index (κ2) is 23.7. The maximum absolute atomic E-state index is 6.61. The highest BCUT2D eigenvalue weighted by Gasteiger charge is 2.36. The van der Waals surface area contributed by atoms with Crippen molar-refractivity contribution in [3.8, 4) is 0 Å². The molecule has 0 aliphatic carbocycles. The van der Waals surface area contributed by atoms with Crippen molar-refractivity contribution in [1.29, 1.82) is 0 Å². The van der Waals surface area contributed by atoms with Gasteiger partial charge in [-0.15, -0.1) is 0 Å². The summed E-state index contributed by atoms with van der Waals surface area (Å²) in [6, 6.07) is 3.90. The van der Waals surface area contributed by atoms with Crippen LogP contribution in [0, 0.1) is 5.41 Å².